The quantitative estimate of drug-likeness (QED) is 0.756. The Labute approximate surface area is 95.4 Å². The van der Waals surface area contributed by atoms with Crippen molar-refractivity contribution in [2.75, 3.05) is 13.1 Å². The molecule has 2 unspecified atom stereocenters. The lowest BCUT2D eigenvalue weighted by Crippen LogP contribution is -2.63. The summed E-state index contributed by atoms with van der Waals surface area (Å²) in [6.45, 7) is 16.3. The van der Waals surface area contributed by atoms with Gasteiger partial charge in [0.1, 0.15) is 0 Å². The van der Waals surface area contributed by atoms with Crippen molar-refractivity contribution in [3.05, 3.63) is 0 Å². The third kappa shape index (κ3) is 3.18. The van der Waals surface area contributed by atoms with Crippen molar-refractivity contribution in [1.82, 2.24) is 10.2 Å². The minimum atomic E-state index is 0.296. The van der Waals surface area contributed by atoms with Crippen molar-refractivity contribution in [3.8, 4) is 0 Å². The molecule has 0 aromatic carbocycles. The van der Waals surface area contributed by atoms with E-state index in [-0.39, 0.29) is 0 Å². The molecule has 1 fully saturated rings. The number of nitrogens with zero attached hydrogens (tertiary/aromatic N) is 1. The second-order valence-corrected chi connectivity index (χ2v) is 6.15. The highest BCUT2D eigenvalue weighted by Crippen LogP contribution is 2.24. The van der Waals surface area contributed by atoms with Crippen molar-refractivity contribution >= 4 is 0 Å². The van der Waals surface area contributed by atoms with E-state index in [1.165, 1.54) is 13.0 Å². The van der Waals surface area contributed by atoms with Crippen LogP contribution in [-0.4, -0.2) is 35.6 Å². The number of rotatable bonds is 2. The summed E-state index contributed by atoms with van der Waals surface area (Å²) in [5.41, 5.74) is 0.296. The Morgan fingerprint density at radius 2 is 1.93 bits per heavy atom. The van der Waals surface area contributed by atoms with Crippen LogP contribution in [0.1, 0.15) is 48.0 Å². The molecule has 90 valence electrons. The molecule has 1 aliphatic heterocycles. The van der Waals surface area contributed by atoms with Crippen LogP contribution in [0.2, 0.25) is 0 Å². The van der Waals surface area contributed by atoms with E-state index in [1.807, 2.05) is 0 Å². The molecular formula is C13H28N2. The third-order valence-corrected chi connectivity index (χ3v) is 3.56. The van der Waals surface area contributed by atoms with Gasteiger partial charge in [0.25, 0.3) is 0 Å². The van der Waals surface area contributed by atoms with Crippen LogP contribution in [0.5, 0.6) is 0 Å². The molecule has 0 aromatic heterocycles. The van der Waals surface area contributed by atoms with Crippen LogP contribution in [0.15, 0.2) is 0 Å². The van der Waals surface area contributed by atoms with Crippen LogP contribution in [-0.2, 0) is 0 Å². The van der Waals surface area contributed by atoms with Gasteiger partial charge in [0.05, 0.1) is 0 Å². The van der Waals surface area contributed by atoms with Crippen molar-refractivity contribution in [1.29, 1.82) is 0 Å². The predicted molar refractivity (Wildman–Crippen MR) is 67.2 cm³/mol. The maximum absolute atomic E-state index is 3.66. The molecule has 0 amide bonds. The molecule has 0 bridgehead atoms. The van der Waals surface area contributed by atoms with E-state index in [2.05, 4.69) is 51.8 Å². The Kier molecular flexibility index (Phi) is 4.19. The van der Waals surface area contributed by atoms with Crippen LogP contribution in [0.25, 0.3) is 0 Å². The van der Waals surface area contributed by atoms with E-state index in [0.717, 1.165) is 12.5 Å². The zero-order valence-corrected chi connectivity index (χ0v) is 11.3. The molecule has 0 saturated carbocycles. The van der Waals surface area contributed by atoms with Crippen LogP contribution < -0.4 is 5.32 Å². The summed E-state index contributed by atoms with van der Waals surface area (Å²) in [7, 11) is 0. The number of hydrogen-bond donors (Lipinski definition) is 1. The number of hydrogen-bond acceptors (Lipinski definition) is 2. The van der Waals surface area contributed by atoms with Gasteiger partial charge in [-0.1, -0.05) is 20.8 Å². The standard InChI is InChI=1S/C13H28N2/c1-7-11-9-15(13(4,5)6)12(8-14-11)10(2)3/h10-12,14H,7-9H2,1-6H3. The third-order valence-electron chi connectivity index (χ3n) is 3.56. The second kappa shape index (κ2) is 4.84. The van der Waals surface area contributed by atoms with Gasteiger partial charge in [0, 0.05) is 30.7 Å². The van der Waals surface area contributed by atoms with Gasteiger partial charge < -0.3 is 5.32 Å². The Bertz CT molecular complexity index is 193. The normalized spacial score (nSPS) is 29.8. The molecule has 2 heteroatoms. The topological polar surface area (TPSA) is 15.3 Å². The molecule has 0 radical (unpaired) electrons. The Morgan fingerprint density at radius 1 is 1.33 bits per heavy atom. The summed E-state index contributed by atoms with van der Waals surface area (Å²) < 4.78 is 0. The molecular weight excluding hydrogens is 184 g/mol. The van der Waals surface area contributed by atoms with Gasteiger partial charge in [-0.2, -0.15) is 0 Å². The Morgan fingerprint density at radius 3 is 2.33 bits per heavy atom. The van der Waals surface area contributed by atoms with Crippen LogP contribution in [0, 0.1) is 5.92 Å². The summed E-state index contributed by atoms with van der Waals surface area (Å²) in [5, 5.41) is 3.66. The highest BCUT2D eigenvalue weighted by Gasteiger charge is 2.35. The van der Waals surface area contributed by atoms with Crippen molar-refractivity contribution in [3.63, 3.8) is 0 Å². The van der Waals surface area contributed by atoms with Crippen LogP contribution in [0.4, 0.5) is 0 Å². The molecule has 1 heterocycles. The monoisotopic (exact) mass is 212 g/mol. The SMILES string of the molecule is CCC1CN(C(C)(C)C)C(C(C)C)CN1. The highest BCUT2D eigenvalue weighted by atomic mass is 15.3. The van der Waals surface area contributed by atoms with Gasteiger partial charge in [-0.05, 0) is 33.1 Å². The van der Waals surface area contributed by atoms with Gasteiger partial charge in [0.15, 0.2) is 0 Å². The first kappa shape index (κ1) is 13.0. The average Bonchev–Trinajstić information content (AvgIpc) is 2.15. The lowest BCUT2D eigenvalue weighted by Gasteiger charge is -2.49. The predicted octanol–water partition coefficient (Wildman–Crippen LogP) is 2.49. The summed E-state index contributed by atoms with van der Waals surface area (Å²) in [4.78, 5) is 2.68. The van der Waals surface area contributed by atoms with Crippen LogP contribution in [0.3, 0.4) is 0 Å². The molecule has 0 spiro atoms. The molecule has 15 heavy (non-hydrogen) atoms. The van der Waals surface area contributed by atoms with E-state index >= 15 is 0 Å². The fraction of sp³-hybridized carbons (Fsp3) is 1.00. The molecule has 2 nitrogen and oxygen atoms in total. The summed E-state index contributed by atoms with van der Waals surface area (Å²) >= 11 is 0. The smallest absolute Gasteiger partial charge is 0.0249 e. The largest absolute Gasteiger partial charge is 0.311 e. The van der Waals surface area contributed by atoms with Gasteiger partial charge >= 0.3 is 0 Å². The molecule has 0 aromatic rings. The molecule has 1 saturated heterocycles. The minimum absolute atomic E-state index is 0.296. The molecule has 1 aliphatic rings. The van der Waals surface area contributed by atoms with E-state index < -0.39 is 0 Å². The molecule has 0 aliphatic carbocycles. The first-order valence-corrected chi connectivity index (χ1v) is 6.36. The lowest BCUT2D eigenvalue weighted by molar-refractivity contribution is 0.0191. The molecule has 1 N–H and O–H groups in total. The zero-order chi connectivity index (χ0) is 11.6. The van der Waals surface area contributed by atoms with E-state index in [1.54, 1.807) is 0 Å². The van der Waals surface area contributed by atoms with Gasteiger partial charge in [-0.15, -0.1) is 0 Å². The van der Waals surface area contributed by atoms with Gasteiger partial charge in [-0.3, -0.25) is 4.90 Å². The van der Waals surface area contributed by atoms with E-state index in [4.69, 9.17) is 0 Å². The average molecular weight is 212 g/mol. The zero-order valence-electron chi connectivity index (χ0n) is 11.3. The molecule has 2 atom stereocenters. The van der Waals surface area contributed by atoms with Gasteiger partial charge in [-0.25, -0.2) is 0 Å². The number of piperazine rings is 1. The molecule has 1 rings (SSSR count). The maximum Gasteiger partial charge on any atom is 0.0249 e. The van der Waals surface area contributed by atoms with Crippen LogP contribution >= 0.6 is 0 Å². The van der Waals surface area contributed by atoms with E-state index in [0.29, 0.717) is 17.6 Å². The summed E-state index contributed by atoms with van der Waals surface area (Å²) in [6, 6.07) is 1.37. The summed E-state index contributed by atoms with van der Waals surface area (Å²) in [5.74, 6) is 0.731. The van der Waals surface area contributed by atoms with E-state index in [9.17, 15) is 0 Å². The first-order valence-electron chi connectivity index (χ1n) is 6.36. The fourth-order valence-corrected chi connectivity index (χ4v) is 2.48. The van der Waals surface area contributed by atoms with Gasteiger partial charge in [0.2, 0.25) is 0 Å². The number of nitrogens with one attached hydrogen (secondary N) is 1. The highest BCUT2D eigenvalue weighted by molar-refractivity contribution is 4.93. The van der Waals surface area contributed by atoms with Crippen molar-refractivity contribution in [2.24, 2.45) is 5.92 Å². The maximum atomic E-state index is 3.66. The second-order valence-electron chi connectivity index (χ2n) is 6.15. The first-order chi connectivity index (χ1) is 6.86. The Balaban J connectivity index is 2.74. The fourth-order valence-electron chi connectivity index (χ4n) is 2.48. The Hall–Kier alpha value is -0.0800. The minimum Gasteiger partial charge on any atom is -0.311 e. The van der Waals surface area contributed by atoms with Crippen molar-refractivity contribution in [2.45, 2.75) is 65.6 Å². The van der Waals surface area contributed by atoms with Crippen molar-refractivity contribution < 1.29 is 0 Å². The summed E-state index contributed by atoms with van der Waals surface area (Å²) in [6.07, 6.45) is 1.23. The lowest BCUT2D eigenvalue weighted by atomic mass is 9.92.